The summed E-state index contributed by atoms with van der Waals surface area (Å²) in [7, 11) is 1.97. The summed E-state index contributed by atoms with van der Waals surface area (Å²) in [6, 6.07) is 0. The molecule has 1 saturated heterocycles. The minimum atomic E-state index is -0.173. The van der Waals surface area contributed by atoms with Crippen molar-refractivity contribution in [2.75, 3.05) is 32.0 Å². The molecule has 0 saturated carbocycles. The zero-order valence-corrected chi connectivity index (χ0v) is 13.3. The lowest BCUT2D eigenvalue weighted by molar-refractivity contribution is -0.114. The van der Waals surface area contributed by atoms with Crippen LogP contribution in [0, 0.1) is 5.92 Å². The first-order chi connectivity index (χ1) is 10.1. The highest BCUT2D eigenvalue weighted by molar-refractivity contribution is 7.14. The van der Waals surface area contributed by atoms with Crippen LogP contribution in [0.25, 0.3) is 0 Å². The van der Waals surface area contributed by atoms with Crippen molar-refractivity contribution in [2.45, 2.75) is 26.2 Å². The predicted molar refractivity (Wildman–Crippen MR) is 83.6 cm³/mol. The van der Waals surface area contributed by atoms with Crippen LogP contribution in [-0.2, 0) is 4.79 Å². The Bertz CT molecular complexity index is 495. The predicted octanol–water partition coefficient (Wildman–Crippen LogP) is 1.56. The van der Waals surface area contributed by atoms with Gasteiger partial charge in [0.05, 0.1) is 0 Å². The molecule has 2 N–H and O–H groups in total. The number of thiazole rings is 1. The van der Waals surface area contributed by atoms with Gasteiger partial charge in [-0.25, -0.2) is 4.98 Å². The molecule has 0 aromatic carbocycles. The fraction of sp³-hybridized carbons (Fsp3) is 0.643. The highest BCUT2D eigenvalue weighted by Gasteiger charge is 2.24. The van der Waals surface area contributed by atoms with Crippen LogP contribution in [0.1, 0.15) is 36.7 Å². The Labute approximate surface area is 128 Å². The summed E-state index contributed by atoms with van der Waals surface area (Å²) in [5, 5.41) is 7.96. The number of carbonyl (C=O) groups is 2. The smallest absolute Gasteiger partial charge is 0.273 e. The number of aromatic nitrogens is 1. The number of amides is 2. The van der Waals surface area contributed by atoms with E-state index in [1.165, 1.54) is 24.7 Å². The van der Waals surface area contributed by atoms with E-state index in [0.717, 1.165) is 32.5 Å². The number of anilines is 1. The summed E-state index contributed by atoms with van der Waals surface area (Å²) < 4.78 is 0. The number of rotatable bonds is 5. The van der Waals surface area contributed by atoms with Gasteiger partial charge < -0.3 is 15.5 Å². The second-order valence-electron chi connectivity index (χ2n) is 5.35. The van der Waals surface area contributed by atoms with Gasteiger partial charge in [0.2, 0.25) is 5.91 Å². The van der Waals surface area contributed by atoms with Crippen LogP contribution in [-0.4, -0.2) is 48.4 Å². The highest BCUT2D eigenvalue weighted by Crippen LogP contribution is 2.23. The summed E-state index contributed by atoms with van der Waals surface area (Å²) in [6.07, 6.45) is 3.27. The van der Waals surface area contributed by atoms with Crippen molar-refractivity contribution in [3.05, 3.63) is 11.1 Å². The van der Waals surface area contributed by atoms with Crippen molar-refractivity contribution in [1.82, 2.24) is 15.2 Å². The van der Waals surface area contributed by atoms with E-state index in [4.69, 9.17) is 0 Å². The zero-order valence-electron chi connectivity index (χ0n) is 12.5. The minimum absolute atomic E-state index is 0.0325. The molecular formula is C14H22N4O2S. The second-order valence-corrected chi connectivity index (χ2v) is 6.20. The summed E-state index contributed by atoms with van der Waals surface area (Å²) in [5.41, 5.74) is 0.428. The Morgan fingerprint density at radius 2 is 2.14 bits per heavy atom. The SMILES string of the molecule is CNCCC1CCN(C(=O)c2csc(NC(C)=O)n2)CC1. The van der Waals surface area contributed by atoms with Crippen LogP contribution in [0.2, 0.25) is 0 Å². The summed E-state index contributed by atoms with van der Waals surface area (Å²) in [4.78, 5) is 29.4. The maximum Gasteiger partial charge on any atom is 0.273 e. The molecule has 0 atom stereocenters. The monoisotopic (exact) mass is 310 g/mol. The Balaban J connectivity index is 1.86. The lowest BCUT2D eigenvalue weighted by Gasteiger charge is -2.31. The third kappa shape index (κ3) is 4.50. The molecule has 1 aromatic heterocycles. The van der Waals surface area contributed by atoms with Gasteiger partial charge in [-0.3, -0.25) is 9.59 Å². The van der Waals surface area contributed by atoms with E-state index in [1.54, 1.807) is 5.38 Å². The largest absolute Gasteiger partial charge is 0.337 e. The average molecular weight is 310 g/mol. The minimum Gasteiger partial charge on any atom is -0.337 e. The molecular weight excluding hydrogens is 288 g/mol. The van der Waals surface area contributed by atoms with Gasteiger partial charge in [0, 0.05) is 25.4 Å². The lowest BCUT2D eigenvalue weighted by Crippen LogP contribution is -2.39. The van der Waals surface area contributed by atoms with Gasteiger partial charge in [-0.15, -0.1) is 11.3 Å². The van der Waals surface area contributed by atoms with Crippen molar-refractivity contribution in [2.24, 2.45) is 5.92 Å². The van der Waals surface area contributed by atoms with Gasteiger partial charge in [0.15, 0.2) is 5.13 Å². The van der Waals surface area contributed by atoms with Crippen LogP contribution < -0.4 is 10.6 Å². The Kier molecular flexibility index (Phi) is 5.69. The zero-order chi connectivity index (χ0) is 15.2. The lowest BCUT2D eigenvalue weighted by atomic mass is 9.93. The van der Waals surface area contributed by atoms with Gasteiger partial charge in [-0.2, -0.15) is 0 Å². The molecule has 2 amide bonds. The molecule has 0 spiro atoms. The van der Waals surface area contributed by atoms with Crippen molar-refractivity contribution < 1.29 is 9.59 Å². The van der Waals surface area contributed by atoms with Crippen molar-refractivity contribution in [1.29, 1.82) is 0 Å². The normalized spacial score (nSPS) is 16.0. The van der Waals surface area contributed by atoms with Crippen LogP contribution in [0.4, 0.5) is 5.13 Å². The van der Waals surface area contributed by atoms with Gasteiger partial charge in [0.1, 0.15) is 5.69 Å². The molecule has 7 heteroatoms. The van der Waals surface area contributed by atoms with Crippen molar-refractivity contribution in [3.8, 4) is 0 Å². The molecule has 0 radical (unpaired) electrons. The first-order valence-electron chi connectivity index (χ1n) is 7.27. The van der Waals surface area contributed by atoms with Crippen LogP contribution in [0.15, 0.2) is 5.38 Å². The maximum atomic E-state index is 12.4. The summed E-state index contributed by atoms with van der Waals surface area (Å²) >= 11 is 1.28. The number of hydrogen-bond acceptors (Lipinski definition) is 5. The van der Waals surface area contributed by atoms with E-state index in [0.29, 0.717) is 16.7 Å². The van der Waals surface area contributed by atoms with E-state index in [1.807, 2.05) is 11.9 Å². The van der Waals surface area contributed by atoms with Gasteiger partial charge in [-0.05, 0) is 38.8 Å². The number of likely N-dealkylation sites (tertiary alicyclic amines) is 1. The number of carbonyl (C=O) groups excluding carboxylic acids is 2. The molecule has 2 heterocycles. The molecule has 1 aliphatic heterocycles. The molecule has 116 valence electrons. The Morgan fingerprint density at radius 1 is 1.43 bits per heavy atom. The van der Waals surface area contributed by atoms with Gasteiger partial charge in [-0.1, -0.05) is 0 Å². The van der Waals surface area contributed by atoms with Crippen molar-refractivity contribution >= 4 is 28.3 Å². The third-order valence-corrected chi connectivity index (χ3v) is 4.47. The van der Waals surface area contributed by atoms with E-state index < -0.39 is 0 Å². The van der Waals surface area contributed by atoms with Crippen LogP contribution in [0.3, 0.4) is 0 Å². The molecule has 1 aliphatic rings. The first-order valence-corrected chi connectivity index (χ1v) is 8.15. The quantitative estimate of drug-likeness (QED) is 0.865. The third-order valence-electron chi connectivity index (χ3n) is 3.71. The van der Waals surface area contributed by atoms with Crippen molar-refractivity contribution in [3.63, 3.8) is 0 Å². The van der Waals surface area contributed by atoms with E-state index in [2.05, 4.69) is 15.6 Å². The summed E-state index contributed by atoms with van der Waals surface area (Å²) in [5.74, 6) is 0.496. The standard InChI is InChI=1S/C14H22N4O2S/c1-10(19)16-14-17-12(9-21-14)13(20)18-7-4-11(5-8-18)3-6-15-2/h9,11,15H,3-8H2,1-2H3,(H,16,17,19). The molecule has 1 fully saturated rings. The number of piperidine rings is 1. The molecule has 2 rings (SSSR count). The fourth-order valence-corrected chi connectivity index (χ4v) is 3.25. The molecule has 0 unspecified atom stereocenters. The van der Waals surface area contributed by atoms with Gasteiger partial charge in [0.25, 0.3) is 5.91 Å². The second kappa shape index (κ2) is 7.51. The Hall–Kier alpha value is -1.47. The Morgan fingerprint density at radius 3 is 2.76 bits per heavy atom. The summed E-state index contributed by atoms with van der Waals surface area (Å²) in [6.45, 7) is 4.05. The average Bonchev–Trinajstić information content (AvgIpc) is 2.92. The van der Waals surface area contributed by atoms with E-state index in [9.17, 15) is 9.59 Å². The number of hydrogen-bond donors (Lipinski definition) is 2. The van der Waals surface area contributed by atoms with E-state index >= 15 is 0 Å². The van der Waals surface area contributed by atoms with E-state index in [-0.39, 0.29) is 11.8 Å². The number of nitrogens with zero attached hydrogens (tertiary/aromatic N) is 2. The van der Waals surface area contributed by atoms with Crippen LogP contribution >= 0.6 is 11.3 Å². The maximum absolute atomic E-state index is 12.4. The highest BCUT2D eigenvalue weighted by atomic mass is 32.1. The topological polar surface area (TPSA) is 74.3 Å². The molecule has 0 bridgehead atoms. The fourth-order valence-electron chi connectivity index (χ4n) is 2.52. The molecule has 1 aromatic rings. The molecule has 0 aliphatic carbocycles. The van der Waals surface area contributed by atoms with Crippen LogP contribution in [0.5, 0.6) is 0 Å². The van der Waals surface area contributed by atoms with Gasteiger partial charge >= 0.3 is 0 Å². The molecule has 6 nitrogen and oxygen atoms in total. The molecule has 21 heavy (non-hydrogen) atoms. The first kappa shape index (κ1) is 15.9. The number of nitrogens with one attached hydrogen (secondary N) is 2.